The standard InChI is InChI=1S/C25H31NO4SSi/c1-28-21-13-17(14-22(29-2)25(21)30-3)24(27)23(31-11-12-32(4,5)6)15-18-16-26-20-10-8-7-9-19(18)20/h7-10,13-16,26H,11-12H2,1-6H3. The van der Waals surface area contributed by atoms with Crippen LogP contribution in [0.2, 0.25) is 25.7 Å². The van der Waals surface area contributed by atoms with E-state index in [0.29, 0.717) is 27.7 Å². The van der Waals surface area contributed by atoms with Gasteiger partial charge in [0.1, 0.15) is 0 Å². The number of carbonyl (C=O) groups is 1. The second-order valence-electron chi connectivity index (χ2n) is 8.70. The molecule has 0 saturated carbocycles. The molecular formula is C25H31NO4SSi. The van der Waals surface area contributed by atoms with Gasteiger partial charge >= 0.3 is 0 Å². The Morgan fingerprint density at radius 2 is 1.69 bits per heavy atom. The molecule has 0 atom stereocenters. The Bertz CT molecular complexity index is 1110. The number of nitrogens with one attached hydrogen (secondary N) is 1. The van der Waals surface area contributed by atoms with Gasteiger partial charge in [0.25, 0.3) is 0 Å². The Labute approximate surface area is 195 Å². The molecule has 0 aliphatic rings. The zero-order chi connectivity index (χ0) is 23.3. The van der Waals surface area contributed by atoms with Crippen molar-refractivity contribution in [3.63, 3.8) is 0 Å². The quantitative estimate of drug-likeness (QED) is 0.209. The molecule has 1 aromatic heterocycles. The molecule has 170 valence electrons. The van der Waals surface area contributed by atoms with Gasteiger partial charge in [-0.15, -0.1) is 11.8 Å². The van der Waals surface area contributed by atoms with Crippen LogP contribution in [0.1, 0.15) is 15.9 Å². The molecule has 7 heteroatoms. The summed E-state index contributed by atoms with van der Waals surface area (Å²) in [5, 5.41) is 1.09. The zero-order valence-electron chi connectivity index (χ0n) is 19.6. The summed E-state index contributed by atoms with van der Waals surface area (Å²) in [6.45, 7) is 7.03. The maximum absolute atomic E-state index is 13.7. The Kier molecular flexibility index (Phi) is 7.74. The Hall–Kier alpha value is -2.64. The number of ketones is 1. The minimum absolute atomic E-state index is 0.0601. The minimum Gasteiger partial charge on any atom is -0.493 e. The number of Topliss-reactive ketones (excluding diaryl/α,β-unsaturated/α-hetero) is 1. The summed E-state index contributed by atoms with van der Waals surface area (Å²) in [6.07, 6.45) is 3.94. The highest BCUT2D eigenvalue weighted by atomic mass is 32.2. The van der Waals surface area contributed by atoms with Crippen LogP contribution in [0.15, 0.2) is 47.5 Å². The van der Waals surface area contributed by atoms with Crippen LogP contribution in [0.5, 0.6) is 17.2 Å². The van der Waals surface area contributed by atoms with E-state index < -0.39 is 8.07 Å². The predicted molar refractivity (Wildman–Crippen MR) is 137 cm³/mol. The minimum atomic E-state index is -1.22. The van der Waals surface area contributed by atoms with Gasteiger partial charge in [-0.3, -0.25) is 4.79 Å². The molecule has 0 aliphatic carbocycles. The van der Waals surface area contributed by atoms with Gasteiger partial charge in [0.05, 0.1) is 26.2 Å². The van der Waals surface area contributed by atoms with Crippen molar-refractivity contribution in [3.8, 4) is 17.2 Å². The lowest BCUT2D eigenvalue weighted by Gasteiger charge is -2.17. The van der Waals surface area contributed by atoms with Crippen molar-refractivity contribution >= 4 is 42.6 Å². The van der Waals surface area contributed by atoms with Gasteiger partial charge in [-0.2, -0.15) is 0 Å². The second-order valence-corrected chi connectivity index (χ2v) is 15.5. The van der Waals surface area contributed by atoms with E-state index in [9.17, 15) is 4.79 Å². The van der Waals surface area contributed by atoms with E-state index in [4.69, 9.17) is 14.2 Å². The van der Waals surface area contributed by atoms with Crippen molar-refractivity contribution in [2.24, 2.45) is 0 Å². The number of para-hydroxylation sites is 1. The maximum Gasteiger partial charge on any atom is 0.203 e. The van der Waals surface area contributed by atoms with E-state index in [1.54, 1.807) is 45.2 Å². The number of carbonyl (C=O) groups excluding carboxylic acids is 1. The van der Waals surface area contributed by atoms with Crippen LogP contribution in [-0.2, 0) is 0 Å². The van der Waals surface area contributed by atoms with Crippen LogP contribution in [0, 0.1) is 0 Å². The van der Waals surface area contributed by atoms with Gasteiger partial charge in [-0.25, -0.2) is 0 Å². The van der Waals surface area contributed by atoms with E-state index in [1.807, 2.05) is 30.5 Å². The van der Waals surface area contributed by atoms with Crippen molar-refractivity contribution in [2.75, 3.05) is 27.1 Å². The second kappa shape index (κ2) is 10.3. The van der Waals surface area contributed by atoms with Crippen LogP contribution in [0.25, 0.3) is 17.0 Å². The number of fused-ring (bicyclic) bond motifs is 1. The summed E-state index contributed by atoms with van der Waals surface area (Å²) in [4.78, 5) is 17.6. The molecule has 3 aromatic rings. The van der Waals surface area contributed by atoms with E-state index >= 15 is 0 Å². The number of thioether (sulfide) groups is 1. The van der Waals surface area contributed by atoms with Crippen LogP contribution < -0.4 is 14.2 Å². The highest BCUT2D eigenvalue weighted by Gasteiger charge is 2.21. The summed E-state index contributed by atoms with van der Waals surface area (Å²) in [5.41, 5.74) is 2.55. The number of benzene rings is 2. The lowest BCUT2D eigenvalue weighted by molar-refractivity contribution is 0.104. The van der Waals surface area contributed by atoms with Gasteiger partial charge in [0.15, 0.2) is 17.3 Å². The molecule has 32 heavy (non-hydrogen) atoms. The lowest BCUT2D eigenvalue weighted by Crippen LogP contribution is -2.20. The third-order valence-corrected chi connectivity index (χ3v) is 8.30. The van der Waals surface area contributed by atoms with Crippen molar-refractivity contribution in [1.29, 1.82) is 0 Å². The van der Waals surface area contributed by atoms with Crippen molar-refractivity contribution in [2.45, 2.75) is 25.7 Å². The third kappa shape index (κ3) is 5.58. The van der Waals surface area contributed by atoms with Gasteiger partial charge in [-0.1, -0.05) is 37.8 Å². The first-order valence-corrected chi connectivity index (χ1v) is 15.2. The van der Waals surface area contributed by atoms with Crippen LogP contribution >= 0.6 is 11.8 Å². The Balaban J connectivity index is 2.04. The molecule has 0 amide bonds. The number of methoxy groups -OCH3 is 3. The number of ether oxygens (including phenoxy) is 3. The molecule has 0 aliphatic heterocycles. The molecule has 0 radical (unpaired) electrons. The van der Waals surface area contributed by atoms with E-state index in [-0.39, 0.29) is 5.78 Å². The average molecular weight is 470 g/mol. The summed E-state index contributed by atoms with van der Waals surface area (Å²) in [6, 6.07) is 12.7. The molecular weight excluding hydrogens is 438 g/mol. The van der Waals surface area contributed by atoms with Crippen LogP contribution in [0.3, 0.4) is 0 Å². The van der Waals surface area contributed by atoms with E-state index in [1.165, 1.54) is 0 Å². The first kappa shape index (κ1) is 24.0. The van der Waals surface area contributed by atoms with Gasteiger partial charge in [-0.05, 0) is 36.1 Å². The van der Waals surface area contributed by atoms with Gasteiger partial charge in [0, 0.05) is 36.3 Å². The number of hydrogen-bond acceptors (Lipinski definition) is 5. The van der Waals surface area contributed by atoms with Crippen molar-refractivity contribution in [3.05, 3.63) is 58.6 Å². The first-order chi connectivity index (χ1) is 15.3. The van der Waals surface area contributed by atoms with E-state index in [2.05, 4.69) is 30.7 Å². The van der Waals surface area contributed by atoms with Gasteiger partial charge in [0.2, 0.25) is 5.75 Å². The number of rotatable bonds is 10. The average Bonchev–Trinajstić information content (AvgIpc) is 3.18. The number of allylic oxidation sites excluding steroid dienone is 1. The lowest BCUT2D eigenvalue weighted by atomic mass is 10.1. The Morgan fingerprint density at radius 1 is 1.03 bits per heavy atom. The summed E-state index contributed by atoms with van der Waals surface area (Å²) >= 11 is 1.61. The van der Waals surface area contributed by atoms with Crippen LogP contribution in [-0.4, -0.2) is 45.9 Å². The molecule has 3 rings (SSSR count). The highest BCUT2D eigenvalue weighted by Crippen LogP contribution is 2.39. The molecule has 1 heterocycles. The molecule has 1 N–H and O–H groups in total. The molecule has 2 aromatic carbocycles. The number of hydrogen-bond donors (Lipinski definition) is 1. The third-order valence-electron chi connectivity index (χ3n) is 5.17. The Morgan fingerprint density at radius 3 is 2.28 bits per heavy atom. The normalized spacial score (nSPS) is 12.1. The van der Waals surface area contributed by atoms with Gasteiger partial charge < -0.3 is 19.2 Å². The number of aromatic nitrogens is 1. The topological polar surface area (TPSA) is 60.6 Å². The van der Waals surface area contributed by atoms with Crippen molar-refractivity contribution < 1.29 is 19.0 Å². The molecule has 0 spiro atoms. The van der Waals surface area contributed by atoms with E-state index in [0.717, 1.165) is 28.3 Å². The van der Waals surface area contributed by atoms with Crippen molar-refractivity contribution in [1.82, 2.24) is 4.98 Å². The smallest absolute Gasteiger partial charge is 0.203 e. The SMILES string of the molecule is COc1cc(C(=O)C(=Cc2c[nH]c3ccccc23)SCC[Si](C)(C)C)cc(OC)c1OC. The summed E-state index contributed by atoms with van der Waals surface area (Å²) < 4.78 is 16.3. The first-order valence-electron chi connectivity index (χ1n) is 10.5. The fraction of sp³-hybridized carbons (Fsp3) is 0.320. The predicted octanol–water partition coefficient (Wildman–Crippen LogP) is 6.49. The number of H-pyrrole nitrogens is 1. The molecule has 0 fully saturated rings. The largest absolute Gasteiger partial charge is 0.493 e. The summed E-state index contributed by atoms with van der Waals surface area (Å²) in [7, 11) is 3.43. The zero-order valence-corrected chi connectivity index (χ0v) is 21.4. The molecule has 0 unspecified atom stereocenters. The fourth-order valence-electron chi connectivity index (χ4n) is 3.35. The van der Waals surface area contributed by atoms with Crippen LogP contribution in [0.4, 0.5) is 0 Å². The fourth-order valence-corrected chi connectivity index (χ4v) is 6.89. The summed E-state index contributed by atoms with van der Waals surface area (Å²) in [5.74, 6) is 2.25. The molecule has 5 nitrogen and oxygen atoms in total. The number of aromatic amines is 1. The monoisotopic (exact) mass is 469 g/mol. The highest BCUT2D eigenvalue weighted by molar-refractivity contribution is 8.04. The molecule has 0 bridgehead atoms. The maximum atomic E-state index is 13.7. The molecule has 0 saturated heterocycles.